The number of fused-ring (bicyclic) bond motifs is 1. The summed E-state index contributed by atoms with van der Waals surface area (Å²) in [6.07, 6.45) is -0.497. The Kier molecular flexibility index (Phi) is 5.27. The van der Waals surface area contributed by atoms with E-state index in [-0.39, 0.29) is 11.6 Å². The molecular formula is C18H23BrN2O4. The van der Waals surface area contributed by atoms with Crippen LogP contribution < -0.4 is 0 Å². The SMILES string of the molecule is COC(=O)c1nc2c(C(C)C)c(Br)n(C(=O)OC(C)(C)C)c2cc1C. The highest BCUT2D eigenvalue weighted by Crippen LogP contribution is 2.36. The van der Waals surface area contributed by atoms with Crippen LogP contribution in [0.3, 0.4) is 0 Å². The molecule has 0 aliphatic heterocycles. The molecule has 0 unspecified atom stereocenters. The van der Waals surface area contributed by atoms with Crippen molar-refractivity contribution in [1.82, 2.24) is 9.55 Å². The first-order valence-electron chi connectivity index (χ1n) is 8.01. The Hall–Kier alpha value is -1.89. The van der Waals surface area contributed by atoms with Crippen molar-refractivity contribution in [3.05, 3.63) is 27.5 Å². The van der Waals surface area contributed by atoms with Crippen molar-refractivity contribution in [1.29, 1.82) is 0 Å². The van der Waals surface area contributed by atoms with E-state index in [2.05, 4.69) is 20.9 Å². The van der Waals surface area contributed by atoms with E-state index in [9.17, 15) is 9.59 Å². The van der Waals surface area contributed by atoms with Gasteiger partial charge in [0.1, 0.15) is 10.2 Å². The quantitative estimate of drug-likeness (QED) is 0.664. The summed E-state index contributed by atoms with van der Waals surface area (Å²) in [6.45, 7) is 11.2. The van der Waals surface area contributed by atoms with Gasteiger partial charge >= 0.3 is 12.1 Å². The number of hydrogen-bond acceptors (Lipinski definition) is 5. The van der Waals surface area contributed by atoms with E-state index in [1.165, 1.54) is 11.7 Å². The third kappa shape index (κ3) is 3.71. The maximum atomic E-state index is 12.7. The standard InChI is InChI=1S/C18H23BrN2O4/c1-9(2)12-14-11(8-10(3)13(20-14)16(22)24-7)21(15(12)19)17(23)25-18(4,5)6/h8-9H,1-7H3. The van der Waals surface area contributed by atoms with Crippen LogP contribution in [0.5, 0.6) is 0 Å². The molecule has 136 valence electrons. The summed E-state index contributed by atoms with van der Waals surface area (Å²) in [4.78, 5) is 29.2. The lowest BCUT2D eigenvalue weighted by atomic mass is 10.1. The molecule has 0 bridgehead atoms. The van der Waals surface area contributed by atoms with Crippen LogP contribution in [0.2, 0.25) is 0 Å². The van der Waals surface area contributed by atoms with Gasteiger partial charge in [-0.15, -0.1) is 0 Å². The van der Waals surface area contributed by atoms with Gasteiger partial charge in [0.05, 0.1) is 18.1 Å². The third-order valence-electron chi connectivity index (χ3n) is 3.64. The molecule has 0 atom stereocenters. The molecule has 25 heavy (non-hydrogen) atoms. The predicted molar refractivity (Wildman–Crippen MR) is 99.2 cm³/mol. The Labute approximate surface area is 155 Å². The topological polar surface area (TPSA) is 70.4 Å². The molecule has 0 N–H and O–H groups in total. The Balaban J connectivity index is 2.80. The van der Waals surface area contributed by atoms with Gasteiger partial charge < -0.3 is 9.47 Å². The molecule has 2 heterocycles. The minimum atomic E-state index is -0.625. The maximum absolute atomic E-state index is 12.7. The van der Waals surface area contributed by atoms with Crippen molar-refractivity contribution in [2.24, 2.45) is 0 Å². The van der Waals surface area contributed by atoms with Gasteiger partial charge in [-0.2, -0.15) is 0 Å². The number of hydrogen-bond donors (Lipinski definition) is 0. The van der Waals surface area contributed by atoms with Gasteiger partial charge in [0.2, 0.25) is 0 Å². The first-order valence-corrected chi connectivity index (χ1v) is 8.80. The van der Waals surface area contributed by atoms with Crippen LogP contribution in [-0.4, -0.2) is 34.3 Å². The highest BCUT2D eigenvalue weighted by Gasteiger charge is 2.28. The number of methoxy groups -OCH3 is 1. The van der Waals surface area contributed by atoms with E-state index in [1.54, 1.807) is 13.0 Å². The van der Waals surface area contributed by atoms with E-state index in [0.29, 0.717) is 21.2 Å². The van der Waals surface area contributed by atoms with Crippen molar-refractivity contribution in [2.45, 2.75) is 53.1 Å². The number of rotatable bonds is 2. The Bertz CT molecular complexity index is 847. The van der Waals surface area contributed by atoms with Crippen LogP contribution in [-0.2, 0) is 9.47 Å². The monoisotopic (exact) mass is 410 g/mol. The van der Waals surface area contributed by atoms with Gasteiger partial charge in [0.25, 0.3) is 0 Å². The van der Waals surface area contributed by atoms with E-state index >= 15 is 0 Å². The van der Waals surface area contributed by atoms with Gasteiger partial charge in [0.15, 0.2) is 5.69 Å². The van der Waals surface area contributed by atoms with Crippen molar-refractivity contribution >= 4 is 39.0 Å². The molecule has 2 aromatic heterocycles. The minimum Gasteiger partial charge on any atom is -0.464 e. The molecule has 0 spiro atoms. The van der Waals surface area contributed by atoms with Crippen LogP contribution in [0.15, 0.2) is 10.7 Å². The Morgan fingerprint density at radius 2 is 1.88 bits per heavy atom. The number of pyridine rings is 1. The maximum Gasteiger partial charge on any atom is 0.419 e. The van der Waals surface area contributed by atoms with Crippen LogP contribution in [0.4, 0.5) is 4.79 Å². The molecule has 0 aromatic carbocycles. The van der Waals surface area contributed by atoms with Gasteiger partial charge in [-0.05, 0) is 61.2 Å². The Morgan fingerprint density at radius 3 is 2.36 bits per heavy atom. The summed E-state index contributed by atoms with van der Waals surface area (Å²) in [5.41, 5.74) is 2.26. The number of halogens is 1. The average Bonchev–Trinajstić information content (AvgIpc) is 2.74. The highest BCUT2D eigenvalue weighted by molar-refractivity contribution is 9.10. The predicted octanol–water partition coefficient (Wildman–Crippen LogP) is 4.80. The lowest BCUT2D eigenvalue weighted by Gasteiger charge is -2.20. The number of carbonyl (C=O) groups is 2. The molecular weight excluding hydrogens is 388 g/mol. The smallest absolute Gasteiger partial charge is 0.419 e. The molecule has 0 aliphatic rings. The number of carbonyl (C=O) groups excluding carboxylic acids is 2. The number of esters is 1. The summed E-state index contributed by atoms with van der Waals surface area (Å²) in [5, 5.41) is 0. The zero-order valence-electron chi connectivity index (χ0n) is 15.6. The number of ether oxygens (including phenoxy) is 2. The molecule has 0 aliphatic carbocycles. The fourth-order valence-electron chi connectivity index (χ4n) is 2.59. The van der Waals surface area contributed by atoms with Crippen LogP contribution in [0.25, 0.3) is 11.0 Å². The fourth-order valence-corrected chi connectivity index (χ4v) is 3.57. The second kappa shape index (κ2) is 6.78. The summed E-state index contributed by atoms with van der Waals surface area (Å²) >= 11 is 3.51. The molecule has 2 aromatic rings. The van der Waals surface area contributed by atoms with E-state index < -0.39 is 17.7 Å². The molecule has 0 fully saturated rings. The third-order valence-corrected chi connectivity index (χ3v) is 4.42. The largest absolute Gasteiger partial charge is 0.464 e. The summed E-state index contributed by atoms with van der Waals surface area (Å²) in [6, 6.07) is 1.76. The second-order valence-electron chi connectivity index (χ2n) is 7.19. The minimum absolute atomic E-state index is 0.0845. The zero-order valence-corrected chi connectivity index (χ0v) is 17.1. The lowest BCUT2D eigenvalue weighted by molar-refractivity contribution is 0.0539. The Morgan fingerprint density at radius 1 is 1.28 bits per heavy atom. The first kappa shape index (κ1) is 19.4. The van der Waals surface area contributed by atoms with Crippen molar-refractivity contribution in [2.75, 3.05) is 7.11 Å². The molecule has 7 heteroatoms. The first-order chi connectivity index (χ1) is 11.5. The number of aryl methyl sites for hydroxylation is 1. The van der Waals surface area contributed by atoms with Gasteiger partial charge in [-0.25, -0.2) is 19.1 Å². The lowest BCUT2D eigenvalue weighted by Crippen LogP contribution is -2.27. The average molecular weight is 411 g/mol. The van der Waals surface area contributed by atoms with Crippen molar-refractivity contribution in [3.8, 4) is 0 Å². The van der Waals surface area contributed by atoms with Gasteiger partial charge in [-0.1, -0.05) is 13.8 Å². The van der Waals surface area contributed by atoms with Gasteiger partial charge in [-0.3, -0.25) is 0 Å². The van der Waals surface area contributed by atoms with E-state index in [0.717, 1.165) is 5.56 Å². The van der Waals surface area contributed by atoms with Gasteiger partial charge in [0, 0.05) is 5.56 Å². The van der Waals surface area contributed by atoms with E-state index in [4.69, 9.17) is 9.47 Å². The molecule has 0 saturated carbocycles. The van der Waals surface area contributed by atoms with Crippen molar-refractivity contribution in [3.63, 3.8) is 0 Å². The number of nitrogens with zero attached hydrogens (tertiary/aromatic N) is 2. The fraction of sp³-hybridized carbons (Fsp3) is 0.500. The number of aromatic nitrogens is 2. The van der Waals surface area contributed by atoms with Crippen LogP contribution >= 0.6 is 15.9 Å². The van der Waals surface area contributed by atoms with Crippen LogP contribution in [0.1, 0.15) is 62.2 Å². The molecule has 0 amide bonds. The normalized spacial score (nSPS) is 11.9. The van der Waals surface area contributed by atoms with Crippen molar-refractivity contribution < 1.29 is 19.1 Å². The summed E-state index contributed by atoms with van der Waals surface area (Å²) in [5.74, 6) is -0.420. The molecule has 0 saturated heterocycles. The second-order valence-corrected chi connectivity index (χ2v) is 7.94. The zero-order chi connectivity index (χ0) is 19.1. The van der Waals surface area contributed by atoms with Crippen LogP contribution in [0, 0.1) is 6.92 Å². The molecule has 2 rings (SSSR count). The summed E-state index contributed by atoms with van der Waals surface area (Å²) < 4.78 is 12.4. The molecule has 6 nitrogen and oxygen atoms in total. The van der Waals surface area contributed by atoms with E-state index in [1.807, 2.05) is 34.6 Å². The highest BCUT2D eigenvalue weighted by atomic mass is 79.9. The summed E-state index contributed by atoms with van der Waals surface area (Å²) in [7, 11) is 1.32. The molecule has 0 radical (unpaired) electrons.